The van der Waals surface area contributed by atoms with E-state index < -0.39 is 6.04 Å². The molecule has 4 rings (SSSR count). The zero-order valence-electron chi connectivity index (χ0n) is 17.1. The average Bonchev–Trinajstić information content (AvgIpc) is 3.47. The van der Waals surface area contributed by atoms with E-state index in [9.17, 15) is 14.4 Å². The molecule has 2 aliphatic rings. The molecule has 1 aliphatic carbocycles. The van der Waals surface area contributed by atoms with E-state index in [0.717, 1.165) is 29.7 Å². The molecule has 1 aliphatic heterocycles. The predicted octanol–water partition coefficient (Wildman–Crippen LogP) is 3.81. The first-order valence-corrected chi connectivity index (χ1v) is 11.3. The summed E-state index contributed by atoms with van der Waals surface area (Å²) in [6, 6.07) is 12.2. The van der Waals surface area contributed by atoms with Gasteiger partial charge in [-0.2, -0.15) is 0 Å². The van der Waals surface area contributed by atoms with Crippen molar-refractivity contribution in [2.75, 3.05) is 22.3 Å². The van der Waals surface area contributed by atoms with E-state index in [-0.39, 0.29) is 23.6 Å². The van der Waals surface area contributed by atoms with Gasteiger partial charge in [0.25, 0.3) is 5.91 Å². The highest BCUT2D eigenvalue weighted by molar-refractivity contribution is 7.99. The van der Waals surface area contributed by atoms with Crippen molar-refractivity contribution in [3.05, 3.63) is 59.2 Å². The lowest BCUT2D eigenvalue weighted by molar-refractivity contribution is -0.119. The predicted molar refractivity (Wildman–Crippen MR) is 120 cm³/mol. The van der Waals surface area contributed by atoms with E-state index in [1.807, 2.05) is 32.0 Å². The molecule has 2 aromatic carbocycles. The Morgan fingerprint density at radius 3 is 2.40 bits per heavy atom. The molecule has 1 saturated heterocycles. The van der Waals surface area contributed by atoms with Crippen molar-refractivity contribution in [2.24, 2.45) is 5.92 Å². The maximum absolute atomic E-state index is 13.1. The molecule has 0 bridgehead atoms. The zero-order valence-corrected chi connectivity index (χ0v) is 17.9. The Morgan fingerprint density at radius 1 is 0.933 bits per heavy atom. The second-order valence-corrected chi connectivity index (χ2v) is 8.92. The van der Waals surface area contributed by atoms with Gasteiger partial charge in [0.05, 0.1) is 5.88 Å². The highest BCUT2D eigenvalue weighted by atomic mass is 32.2. The number of carbonyl (C=O) groups excluding carboxylic acids is 3. The molecular formula is C23H25N3O3S. The number of benzene rings is 2. The van der Waals surface area contributed by atoms with Crippen LogP contribution >= 0.6 is 11.8 Å². The molecule has 2 aromatic rings. The molecule has 6 nitrogen and oxygen atoms in total. The van der Waals surface area contributed by atoms with Gasteiger partial charge in [-0.3, -0.25) is 14.4 Å². The molecule has 1 heterocycles. The van der Waals surface area contributed by atoms with Gasteiger partial charge in [-0.15, -0.1) is 11.8 Å². The average molecular weight is 424 g/mol. The molecule has 30 heavy (non-hydrogen) atoms. The van der Waals surface area contributed by atoms with Crippen LogP contribution in [0.5, 0.6) is 0 Å². The Labute approximate surface area is 180 Å². The summed E-state index contributed by atoms with van der Waals surface area (Å²) in [5.41, 5.74) is 4.08. The maximum atomic E-state index is 13.1. The van der Waals surface area contributed by atoms with Gasteiger partial charge in [-0.25, -0.2) is 0 Å². The van der Waals surface area contributed by atoms with Crippen LogP contribution < -0.4 is 10.6 Å². The monoisotopic (exact) mass is 423 g/mol. The maximum Gasteiger partial charge on any atom is 0.255 e. The summed E-state index contributed by atoms with van der Waals surface area (Å²) in [6.45, 7) is 4.03. The van der Waals surface area contributed by atoms with Crippen LogP contribution in [0.15, 0.2) is 42.5 Å². The number of hydrogen-bond donors (Lipinski definition) is 2. The van der Waals surface area contributed by atoms with Crippen LogP contribution in [0, 0.1) is 19.8 Å². The van der Waals surface area contributed by atoms with E-state index in [0.29, 0.717) is 22.9 Å². The molecule has 0 aromatic heterocycles. The third-order valence-corrected chi connectivity index (χ3v) is 6.56. The number of hydrogen-bond acceptors (Lipinski definition) is 4. The number of aryl methyl sites for hydroxylation is 2. The minimum atomic E-state index is -0.533. The van der Waals surface area contributed by atoms with Gasteiger partial charge >= 0.3 is 0 Å². The lowest BCUT2D eigenvalue weighted by Gasteiger charge is -2.23. The fourth-order valence-corrected chi connectivity index (χ4v) is 4.54. The van der Waals surface area contributed by atoms with Crippen LogP contribution in [-0.2, 0) is 9.59 Å². The van der Waals surface area contributed by atoms with Crippen LogP contribution in [0.2, 0.25) is 0 Å². The van der Waals surface area contributed by atoms with E-state index >= 15 is 0 Å². The topological polar surface area (TPSA) is 78.5 Å². The number of nitrogens with zero attached hydrogens (tertiary/aromatic N) is 1. The van der Waals surface area contributed by atoms with Gasteiger partial charge in [0, 0.05) is 28.6 Å². The summed E-state index contributed by atoms with van der Waals surface area (Å²) in [7, 11) is 0. The van der Waals surface area contributed by atoms with Gasteiger partial charge in [0.2, 0.25) is 11.8 Å². The Kier molecular flexibility index (Phi) is 5.81. The first-order valence-electron chi connectivity index (χ1n) is 10.1. The number of anilines is 2. The highest BCUT2D eigenvalue weighted by Crippen LogP contribution is 2.30. The molecule has 3 amide bonds. The molecule has 7 heteroatoms. The SMILES string of the molecule is Cc1ccc(NC(=O)C2CSCN2C(=O)c2cccc(NC(=O)C3CC3)c2)cc1C. The molecule has 2 N–H and O–H groups in total. The fraction of sp³-hybridized carbons (Fsp3) is 0.348. The van der Waals surface area contributed by atoms with Crippen molar-refractivity contribution in [1.82, 2.24) is 4.90 Å². The van der Waals surface area contributed by atoms with Gasteiger partial charge in [-0.1, -0.05) is 12.1 Å². The Morgan fingerprint density at radius 2 is 1.67 bits per heavy atom. The lowest BCUT2D eigenvalue weighted by atomic mass is 10.1. The number of carbonyl (C=O) groups is 3. The van der Waals surface area contributed by atoms with Crippen molar-refractivity contribution < 1.29 is 14.4 Å². The zero-order chi connectivity index (χ0) is 21.3. The number of thioether (sulfide) groups is 1. The highest BCUT2D eigenvalue weighted by Gasteiger charge is 2.35. The van der Waals surface area contributed by atoms with Crippen LogP contribution in [-0.4, -0.2) is 40.3 Å². The Hall–Kier alpha value is -2.80. The summed E-state index contributed by atoms with van der Waals surface area (Å²) < 4.78 is 0. The number of amides is 3. The fourth-order valence-electron chi connectivity index (χ4n) is 3.39. The van der Waals surface area contributed by atoms with Crippen LogP contribution in [0.1, 0.15) is 34.3 Å². The third kappa shape index (κ3) is 4.51. The van der Waals surface area contributed by atoms with Crippen molar-refractivity contribution in [3.8, 4) is 0 Å². The lowest BCUT2D eigenvalue weighted by Crippen LogP contribution is -2.44. The second kappa shape index (κ2) is 8.52. The third-order valence-electron chi connectivity index (χ3n) is 5.55. The van der Waals surface area contributed by atoms with Crippen molar-refractivity contribution >= 4 is 40.9 Å². The first kappa shape index (κ1) is 20.5. The molecule has 1 unspecified atom stereocenters. The summed E-state index contributed by atoms with van der Waals surface area (Å²) in [5.74, 6) is 0.723. The molecule has 1 atom stereocenters. The van der Waals surface area contributed by atoms with Gasteiger partial charge in [0.15, 0.2) is 0 Å². The van der Waals surface area contributed by atoms with Crippen molar-refractivity contribution in [1.29, 1.82) is 0 Å². The Bertz CT molecular complexity index is 1000. The molecule has 156 valence electrons. The van der Waals surface area contributed by atoms with E-state index in [4.69, 9.17) is 0 Å². The van der Waals surface area contributed by atoms with Gasteiger partial charge < -0.3 is 15.5 Å². The van der Waals surface area contributed by atoms with Gasteiger partial charge in [0.1, 0.15) is 6.04 Å². The largest absolute Gasteiger partial charge is 0.326 e. The van der Waals surface area contributed by atoms with Crippen LogP contribution in [0.25, 0.3) is 0 Å². The molecular weight excluding hydrogens is 398 g/mol. The summed E-state index contributed by atoms with van der Waals surface area (Å²) in [4.78, 5) is 39.6. The van der Waals surface area contributed by atoms with Crippen molar-refractivity contribution in [3.63, 3.8) is 0 Å². The molecule has 0 spiro atoms. The minimum absolute atomic E-state index is 0.00183. The summed E-state index contributed by atoms with van der Waals surface area (Å²) in [5, 5.41) is 5.81. The molecule has 0 radical (unpaired) electrons. The number of rotatable bonds is 5. The molecule has 2 fully saturated rings. The number of nitrogens with one attached hydrogen (secondary N) is 2. The van der Waals surface area contributed by atoms with Crippen LogP contribution in [0.3, 0.4) is 0 Å². The van der Waals surface area contributed by atoms with E-state index in [1.54, 1.807) is 40.9 Å². The van der Waals surface area contributed by atoms with Gasteiger partial charge in [-0.05, 0) is 68.1 Å². The first-order chi connectivity index (χ1) is 14.4. The standard InChI is InChI=1S/C23H25N3O3S/c1-14-6-9-19(10-15(14)2)25-22(28)20-12-30-13-26(20)23(29)17-4-3-5-18(11-17)24-21(27)16-7-8-16/h3-6,9-11,16,20H,7-8,12-13H2,1-2H3,(H,24,27)(H,25,28). The normalized spacial score (nSPS) is 18.2. The van der Waals surface area contributed by atoms with Crippen LogP contribution in [0.4, 0.5) is 11.4 Å². The van der Waals surface area contributed by atoms with Crippen molar-refractivity contribution in [2.45, 2.75) is 32.7 Å². The van der Waals surface area contributed by atoms with E-state index in [1.165, 1.54) is 0 Å². The van der Waals surface area contributed by atoms with E-state index in [2.05, 4.69) is 10.6 Å². The molecule has 1 saturated carbocycles. The second-order valence-electron chi connectivity index (χ2n) is 7.92. The smallest absolute Gasteiger partial charge is 0.255 e. The minimum Gasteiger partial charge on any atom is -0.326 e. The summed E-state index contributed by atoms with van der Waals surface area (Å²) in [6.07, 6.45) is 1.85. The quantitative estimate of drug-likeness (QED) is 0.767. The summed E-state index contributed by atoms with van der Waals surface area (Å²) >= 11 is 1.56. The Balaban J connectivity index is 1.45.